The van der Waals surface area contributed by atoms with Gasteiger partial charge in [0.05, 0.1) is 0 Å². The number of carbonyl (C=O) groups excluding carboxylic acids is 3. The summed E-state index contributed by atoms with van der Waals surface area (Å²) in [6.07, 6.45) is 54.5. The van der Waals surface area contributed by atoms with Crippen LogP contribution in [-0.2, 0) is 28.6 Å². The van der Waals surface area contributed by atoms with Crippen LogP contribution in [0, 0.1) is 0 Å². The van der Waals surface area contributed by atoms with Crippen LogP contribution in [0.5, 0.6) is 0 Å². The molecule has 0 N–H and O–H groups in total. The van der Waals surface area contributed by atoms with E-state index in [-0.39, 0.29) is 31.1 Å². The Balaban J connectivity index is 4.30. The molecule has 59 heavy (non-hydrogen) atoms. The topological polar surface area (TPSA) is 78.9 Å². The van der Waals surface area contributed by atoms with E-state index in [9.17, 15) is 14.4 Å². The van der Waals surface area contributed by atoms with E-state index in [0.717, 1.165) is 64.2 Å². The van der Waals surface area contributed by atoms with Gasteiger partial charge in [-0.15, -0.1) is 0 Å². The molecule has 0 rings (SSSR count). The number of carbonyl (C=O) groups is 3. The molecule has 0 spiro atoms. The van der Waals surface area contributed by atoms with Crippen molar-refractivity contribution in [2.75, 3.05) is 13.2 Å². The highest BCUT2D eigenvalue weighted by Gasteiger charge is 2.19. The first kappa shape index (κ1) is 56.9. The van der Waals surface area contributed by atoms with Crippen molar-refractivity contribution in [3.8, 4) is 0 Å². The summed E-state index contributed by atoms with van der Waals surface area (Å²) in [7, 11) is 0. The van der Waals surface area contributed by atoms with Crippen LogP contribution < -0.4 is 0 Å². The highest BCUT2D eigenvalue weighted by molar-refractivity contribution is 5.71. The quantitative estimate of drug-likeness (QED) is 0.0263. The minimum Gasteiger partial charge on any atom is -0.462 e. The van der Waals surface area contributed by atoms with Gasteiger partial charge in [0.15, 0.2) is 6.10 Å². The third-order valence-electron chi connectivity index (χ3n) is 11.4. The summed E-state index contributed by atoms with van der Waals surface area (Å²) in [6, 6.07) is 0. The van der Waals surface area contributed by atoms with E-state index in [4.69, 9.17) is 14.2 Å². The van der Waals surface area contributed by atoms with E-state index in [1.54, 1.807) is 0 Å². The SMILES string of the molecule is CCCCCC/C=C\CCCCCCCC(=O)OC(COC(=O)CCCCCCCCC/C=C\CCCCCCCCC)COC(=O)CCCCCCCCCCCC. The monoisotopic (exact) mass is 831 g/mol. The fraction of sp³-hybridized carbons (Fsp3) is 0.868. The molecule has 0 aliphatic heterocycles. The molecule has 0 heterocycles. The zero-order chi connectivity index (χ0) is 43.0. The van der Waals surface area contributed by atoms with Crippen molar-refractivity contribution in [2.24, 2.45) is 0 Å². The minimum absolute atomic E-state index is 0.0727. The van der Waals surface area contributed by atoms with Crippen LogP contribution in [0.25, 0.3) is 0 Å². The average molecular weight is 831 g/mol. The summed E-state index contributed by atoms with van der Waals surface area (Å²) in [6.45, 7) is 6.62. The summed E-state index contributed by atoms with van der Waals surface area (Å²) >= 11 is 0. The average Bonchev–Trinajstić information content (AvgIpc) is 3.23. The Kier molecular flexibility index (Phi) is 46.8. The van der Waals surface area contributed by atoms with Gasteiger partial charge < -0.3 is 14.2 Å². The molecule has 0 amide bonds. The highest BCUT2D eigenvalue weighted by atomic mass is 16.6. The standard InChI is InChI=1S/C53H98O6/c1-4-7-10-13-16-19-22-24-25-26-27-28-30-31-34-37-40-43-46-52(55)58-49-50(48-57-51(54)45-42-39-36-33-21-18-15-12-9-6-3)59-53(56)47-44-41-38-35-32-29-23-20-17-14-11-8-5-2/h20,23,25-26,50H,4-19,21-22,24,27-49H2,1-3H3/b23-20-,26-25-. The van der Waals surface area contributed by atoms with Gasteiger partial charge in [0.1, 0.15) is 13.2 Å². The number of ether oxygens (including phenoxy) is 3. The molecule has 0 aliphatic rings. The van der Waals surface area contributed by atoms with Crippen LogP contribution in [0.1, 0.15) is 278 Å². The van der Waals surface area contributed by atoms with Gasteiger partial charge in [-0.05, 0) is 70.6 Å². The van der Waals surface area contributed by atoms with E-state index in [1.165, 1.54) is 173 Å². The summed E-state index contributed by atoms with van der Waals surface area (Å²) in [4.78, 5) is 37.9. The molecule has 0 fully saturated rings. The van der Waals surface area contributed by atoms with Crippen LogP contribution >= 0.6 is 0 Å². The molecule has 346 valence electrons. The van der Waals surface area contributed by atoms with Crippen molar-refractivity contribution in [3.05, 3.63) is 24.3 Å². The second kappa shape index (κ2) is 48.6. The first-order valence-corrected chi connectivity index (χ1v) is 25.8. The van der Waals surface area contributed by atoms with Crippen LogP contribution in [0.15, 0.2) is 24.3 Å². The maximum Gasteiger partial charge on any atom is 0.306 e. The van der Waals surface area contributed by atoms with E-state index >= 15 is 0 Å². The van der Waals surface area contributed by atoms with Gasteiger partial charge >= 0.3 is 17.9 Å². The van der Waals surface area contributed by atoms with Crippen molar-refractivity contribution in [1.82, 2.24) is 0 Å². The molecule has 6 nitrogen and oxygen atoms in total. The fourth-order valence-electron chi connectivity index (χ4n) is 7.49. The first-order valence-electron chi connectivity index (χ1n) is 25.8. The Labute approximate surface area is 366 Å². The molecule has 1 unspecified atom stereocenters. The predicted octanol–water partition coefficient (Wildman–Crippen LogP) is 16.8. The van der Waals surface area contributed by atoms with E-state index in [0.29, 0.717) is 19.3 Å². The van der Waals surface area contributed by atoms with Gasteiger partial charge in [-0.1, -0.05) is 212 Å². The maximum absolute atomic E-state index is 12.8. The number of hydrogen-bond donors (Lipinski definition) is 0. The Morgan fingerprint density at radius 1 is 0.322 bits per heavy atom. The number of allylic oxidation sites excluding steroid dienone is 4. The zero-order valence-corrected chi connectivity index (χ0v) is 39.5. The van der Waals surface area contributed by atoms with Crippen LogP contribution in [0.3, 0.4) is 0 Å². The molecular weight excluding hydrogens is 733 g/mol. The normalized spacial score (nSPS) is 12.1. The van der Waals surface area contributed by atoms with Crippen molar-refractivity contribution < 1.29 is 28.6 Å². The van der Waals surface area contributed by atoms with Gasteiger partial charge in [-0.25, -0.2) is 0 Å². The van der Waals surface area contributed by atoms with Crippen molar-refractivity contribution in [2.45, 2.75) is 284 Å². The number of rotatable bonds is 47. The summed E-state index contributed by atoms with van der Waals surface area (Å²) in [5.41, 5.74) is 0. The highest BCUT2D eigenvalue weighted by Crippen LogP contribution is 2.15. The molecule has 0 aromatic heterocycles. The van der Waals surface area contributed by atoms with Crippen LogP contribution in [-0.4, -0.2) is 37.2 Å². The molecule has 0 radical (unpaired) electrons. The molecule has 0 aromatic carbocycles. The van der Waals surface area contributed by atoms with Crippen molar-refractivity contribution in [1.29, 1.82) is 0 Å². The molecule has 0 bridgehead atoms. The molecule has 0 aromatic rings. The molecule has 0 aliphatic carbocycles. The van der Waals surface area contributed by atoms with E-state index < -0.39 is 6.10 Å². The van der Waals surface area contributed by atoms with Crippen molar-refractivity contribution in [3.63, 3.8) is 0 Å². The van der Waals surface area contributed by atoms with E-state index in [2.05, 4.69) is 45.1 Å². The summed E-state index contributed by atoms with van der Waals surface area (Å²) < 4.78 is 16.8. The van der Waals surface area contributed by atoms with Crippen molar-refractivity contribution >= 4 is 17.9 Å². The third-order valence-corrected chi connectivity index (χ3v) is 11.4. The van der Waals surface area contributed by atoms with Crippen LogP contribution in [0.4, 0.5) is 0 Å². The lowest BCUT2D eigenvalue weighted by molar-refractivity contribution is -0.167. The van der Waals surface area contributed by atoms with E-state index in [1.807, 2.05) is 0 Å². The van der Waals surface area contributed by atoms with Gasteiger partial charge in [0.25, 0.3) is 0 Å². The lowest BCUT2D eigenvalue weighted by Crippen LogP contribution is -2.30. The van der Waals surface area contributed by atoms with Crippen LogP contribution in [0.2, 0.25) is 0 Å². The molecular formula is C53H98O6. The molecule has 0 saturated carbocycles. The van der Waals surface area contributed by atoms with Gasteiger partial charge in [-0.3, -0.25) is 14.4 Å². The number of hydrogen-bond acceptors (Lipinski definition) is 6. The minimum atomic E-state index is -0.771. The summed E-state index contributed by atoms with van der Waals surface area (Å²) in [5, 5.41) is 0. The van der Waals surface area contributed by atoms with Gasteiger partial charge in [0, 0.05) is 19.3 Å². The predicted molar refractivity (Wildman–Crippen MR) is 252 cm³/mol. The first-order chi connectivity index (χ1) is 29.0. The lowest BCUT2D eigenvalue weighted by atomic mass is 10.1. The maximum atomic E-state index is 12.8. The summed E-state index contributed by atoms with van der Waals surface area (Å²) in [5.74, 6) is -0.877. The molecule has 0 saturated heterocycles. The van der Waals surface area contributed by atoms with Gasteiger partial charge in [-0.2, -0.15) is 0 Å². The Hall–Kier alpha value is -2.11. The Bertz CT molecular complexity index is 958. The largest absolute Gasteiger partial charge is 0.462 e. The molecule has 6 heteroatoms. The smallest absolute Gasteiger partial charge is 0.306 e. The number of unbranched alkanes of at least 4 members (excludes halogenated alkanes) is 32. The fourth-order valence-corrected chi connectivity index (χ4v) is 7.49. The third kappa shape index (κ3) is 46.8. The van der Waals surface area contributed by atoms with Gasteiger partial charge in [0.2, 0.25) is 0 Å². The second-order valence-electron chi connectivity index (χ2n) is 17.4. The number of esters is 3. The Morgan fingerprint density at radius 2 is 0.559 bits per heavy atom. The molecule has 1 atom stereocenters. The zero-order valence-electron chi connectivity index (χ0n) is 39.5. The second-order valence-corrected chi connectivity index (χ2v) is 17.4. The Morgan fingerprint density at radius 3 is 0.864 bits per heavy atom. The lowest BCUT2D eigenvalue weighted by Gasteiger charge is -2.18.